The van der Waals surface area contributed by atoms with Crippen LogP contribution in [0.15, 0.2) is 18.2 Å². The molecule has 102 valence electrons. The fourth-order valence-corrected chi connectivity index (χ4v) is 2.18. The number of alkyl halides is 1. The van der Waals surface area contributed by atoms with Gasteiger partial charge in [-0.1, -0.05) is 39.8 Å². The highest BCUT2D eigenvalue weighted by Gasteiger charge is 2.24. The molecule has 0 saturated heterocycles. The van der Waals surface area contributed by atoms with Crippen molar-refractivity contribution in [2.75, 3.05) is 19.7 Å². The van der Waals surface area contributed by atoms with Crippen LogP contribution in [-0.2, 0) is 5.41 Å². The standard InChI is InChI=1S/C15H24ClNO/c1-11(2)12-6-7-13(14(8-12)18-5)15(3,4)9-17-10-16/h6-8,11,17H,9-10H2,1-5H3. The molecule has 0 aliphatic rings. The maximum Gasteiger partial charge on any atom is 0.122 e. The lowest BCUT2D eigenvalue weighted by molar-refractivity contribution is 0.387. The SMILES string of the molecule is COc1cc(C(C)C)ccc1C(C)(C)CNCCl. The molecular weight excluding hydrogens is 246 g/mol. The van der Waals surface area contributed by atoms with E-state index in [1.54, 1.807) is 7.11 Å². The minimum absolute atomic E-state index is 0.00422. The number of hydrogen-bond acceptors (Lipinski definition) is 2. The van der Waals surface area contributed by atoms with Crippen molar-refractivity contribution in [1.29, 1.82) is 0 Å². The van der Waals surface area contributed by atoms with Gasteiger partial charge in [-0.2, -0.15) is 0 Å². The predicted octanol–water partition coefficient (Wildman–Crippen LogP) is 3.88. The summed E-state index contributed by atoms with van der Waals surface area (Å²) in [5, 5.41) is 3.19. The zero-order valence-electron chi connectivity index (χ0n) is 12.0. The monoisotopic (exact) mass is 269 g/mol. The van der Waals surface area contributed by atoms with Crippen molar-refractivity contribution in [2.24, 2.45) is 0 Å². The maximum atomic E-state index is 5.69. The molecule has 0 amide bonds. The van der Waals surface area contributed by atoms with E-state index in [4.69, 9.17) is 16.3 Å². The molecule has 0 atom stereocenters. The first-order valence-corrected chi connectivity index (χ1v) is 6.91. The van der Waals surface area contributed by atoms with E-state index in [1.165, 1.54) is 11.1 Å². The molecule has 1 aromatic rings. The number of hydrogen-bond donors (Lipinski definition) is 1. The van der Waals surface area contributed by atoms with Crippen molar-refractivity contribution in [2.45, 2.75) is 39.0 Å². The Labute approximate surface area is 116 Å². The van der Waals surface area contributed by atoms with E-state index in [1.807, 2.05) is 0 Å². The zero-order chi connectivity index (χ0) is 13.8. The van der Waals surface area contributed by atoms with Crippen LogP contribution in [0.25, 0.3) is 0 Å². The fourth-order valence-electron chi connectivity index (χ4n) is 2.08. The highest BCUT2D eigenvalue weighted by molar-refractivity contribution is 6.17. The van der Waals surface area contributed by atoms with Crippen LogP contribution in [0.2, 0.25) is 0 Å². The Kier molecular flexibility index (Phi) is 5.48. The number of benzene rings is 1. The Bertz CT molecular complexity index is 388. The van der Waals surface area contributed by atoms with Crippen molar-refractivity contribution in [3.8, 4) is 5.75 Å². The van der Waals surface area contributed by atoms with Gasteiger partial charge in [-0.3, -0.25) is 0 Å². The Morgan fingerprint density at radius 2 is 2.00 bits per heavy atom. The molecule has 0 saturated carbocycles. The quantitative estimate of drug-likeness (QED) is 0.625. The van der Waals surface area contributed by atoms with E-state index in [0.717, 1.165) is 12.3 Å². The van der Waals surface area contributed by atoms with Crippen molar-refractivity contribution >= 4 is 11.6 Å². The van der Waals surface area contributed by atoms with E-state index in [0.29, 0.717) is 11.9 Å². The summed E-state index contributed by atoms with van der Waals surface area (Å²) in [6, 6.07) is 6.97. The van der Waals surface area contributed by atoms with Gasteiger partial charge in [0, 0.05) is 17.5 Å². The van der Waals surface area contributed by atoms with Crippen LogP contribution in [0.1, 0.15) is 44.7 Å². The third-order valence-electron chi connectivity index (χ3n) is 3.28. The molecule has 2 nitrogen and oxygen atoms in total. The van der Waals surface area contributed by atoms with Gasteiger partial charge in [0.2, 0.25) is 0 Å². The van der Waals surface area contributed by atoms with Gasteiger partial charge in [0.25, 0.3) is 0 Å². The lowest BCUT2D eigenvalue weighted by Crippen LogP contribution is -2.32. The summed E-state index contributed by atoms with van der Waals surface area (Å²) in [7, 11) is 1.73. The highest BCUT2D eigenvalue weighted by atomic mass is 35.5. The van der Waals surface area contributed by atoms with Crippen molar-refractivity contribution in [3.05, 3.63) is 29.3 Å². The normalized spacial score (nSPS) is 11.9. The second kappa shape index (κ2) is 6.44. The van der Waals surface area contributed by atoms with Gasteiger partial charge < -0.3 is 10.1 Å². The van der Waals surface area contributed by atoms with Crippen LogP contribution in [0.5, 0.6) is 5.75 Å². The Morgan fingerprint density at radius 1 is 1.33 bits per heavy atom. The second-order valence-electron chi connectivity index (χ2n) is 5.56. The summed E-state index contributed by atoms with van der Waals surface area (Å²) in [6.07, 6.45) is 0. The molecule has 0 aliphatic heterocycles. The van der Waals surface area contributed by atoms with E-state index >= 15 is 0 Å². The third-order valence-corrected chi connectivity index (χ3v) is 3.47. The van der Waals surface area contributed by atoms with Crippen LogP contribution in [0, 0.1) is 0 Å². The molecule has 1 rings (SSSR count). The Morgan fingerprint density at radius 3 is 2.50 bits per heavy atom. The number of methoxy groups -OCH3 is 1. The summed E-state index contributed by atoms with van der Waals surface area (Å²) in [5.74, 6) is 1.47. The lowest BCUT2D eigenvalue weighted by atomic mass is 9.83. The van der Waals surface area contributed by atoms with Gasteiger partial charge in [0.15, 0.2) is 0 Å². The molecular formula is C15H24ClNO. The van der Waals surface area contributed by atoms with Gasteiger partial charge in [-0.15, -0.1) is 11.6 Å². The van der Waals surface area contributed by atoms with E-state index in [9.17, 15) is 0 Å². The first-order chi connectivity index (χ1) is 8.42. The van der Waals surface area contributed by atoms with Crippen LogP contribution >= 0.6 is 11.6 Å². The molecule has 18 heavy (non-hydrogen) atoms. The molecule has 0 spiro atoms. The first kappa shape index (κ1) is 15.3. The smallest absolute Gasteiger partial charge is 0.122 e. The topological polar surface area (TPSA) is 21.3 Å². The molecule has 0 fully saturated rings. The van der Waals surface area contributed by atoms with Crippen LogP contribution in [0.3, 0.4) is 0 Å². The highest BCUT2D eigenvalue weighted by Crippen LogP contribution is 2.33. The molecule has 0 aliphatic carbocycles. The first-order valence-electron chi connectivity index (χ1n) is 6.37. The Balaban J connectivity index is 3.08. The van der Waals surface area contributed by atoms with Crippen LogP contribution in [0.4, 0.5) is 0 Å². The average Bonchev–Trinajstić information content (AvgIpc) is 2.35. The summed E-state index contributed by atoms with van der Waals surface area (Å²) < 4.78 is 5.54. The van der Waals surface area contributed by atoms with E-state index < -0.39 is 0 Å². The summed E-state index contributed by atoms with van der Waals surface area (Å²) in [5.41, 5.74) is 2.51. The predicted molar refractivity (Wildman–Crippen MR) is 78.8 cm³/mol. The molecule has 1 N–H and O–H groups in total. The molecule has 0 unspecified atom stereocenters. The molecule has 0 aromatic heterocycles. The molecule has 1 aromatic carbocycles. The van der Waals surface area contributed by atoms with Gasteiger partial charge >= 0.3 is 0 Å². The average molecular weight is 270 g/mol. The zero-order valence-corrected chi connectivity index (χ0v) is 12.8. The van der Waals surface area contributed by atoms with Gasteiger partial charge in [-0.25, -0.2) is 0 Å². The van der Waals surface area contributed by atoms with E-state index in [-0.39, 0.29) is 5.41 Å². The third kappa shape index (κ3) is 3.63. The molecule has 3 heteroatoms. The molecule has 0 bridgehead atoms. The fraction of sp³-hybridized carbons (Fsp3) is 0.600. The van der Waals surface area contributed by atoms with Gasteiger partial charge in [0.05, 0.1) is 13.1 Å². The molecule has 0 heterocycles. The number of ether oxygens (including phenoxy) is 1. The number of nitrogens with one attached hydrogen (secondary N) is 1. The number of rotatable bonds is 6. The Hall–Kier alpha value is -0.730. The summed E-state index contributed by atoms with van der Waals surface area (Å²) in [4.78, 5) is 0. The van der Waals surface area contributed by atoms with Crippen LogP contribution < -0.4 is 10.1 Å². The van der Waals surface area contributed by atoms with Crippen molar-refractivity contribution in [1.82, 2.24) is 5.32 Å². The van der Waals surface area contributed by atoms with Crippen molar-refractivity contribution < 1.29 is 4.74 Å². The second-order valence-corrected chi connectivity index (χ2v) is 5.83. The summed E-state index contributed by atoms with van der Waals surface area (Å²) in [6.45, 7) is 9.59. The van der Waals surface area contributed by atoms with Crippen molar-refractivity contribution in [3.63, 3.8) is 0 Å². The largest absolute Gasteiger partial charge is 0.496 e. The lowest BCUT2D eigenvalue weighted by Gasteiger charge is -2.28. The van der Waals surface area contributed by atoms with Gasteiger partial charge in [-0.05, 0) is 17.5 Å². The molecule has 0 radical (unpaired) electrons. The van der Waals surface area contributed by atoms with Crippen LogP contribution in [-0.4, -0.2) is 19.7 Å². The number of halogens is 1. The minimum Gasteiger partial charge on any atom is -0.496 e. The summed E-state index contributed by atoms with van der Waals surface area (Å²) >= 11 is 5.69. The van der Waals surface area contributed by atoms with E-state index in [2.05, 4.69) is 51.2 Å². The maximum absolute atomic E-state index is 5.69. The minimum atomic E-state index is -0.00422. The van der Waals surface area contributed by atoms with Gasteiger partial charge in [0.1, 0.15) is 5.75 Å².